The minimum absolute atomic E-state index is 0.0743. The largest absolute Gasteiger partial charge is 0.494 e. The molecule has 3 aromatic carbocycles. The molecule has 0 aliphatic carbocycles. The lowest BCUT2D eigenvalue weighted by molar-refractivity contribution is -0.218. The van der Waals surface area contributed by atoms with E-state index in [-0.39, 0.29) is 12.2 Å². The number of nitrogens with one attached hydrogen (secondary N) is 1. The van der Waals surface area contributed by atoms with Crippen molar-refractivity contribution in [2.24, 2.45) is 0 Å². The zero-order chi connectivity index (χ0) is 29.5. The molecule has 1 heterocycles. The number of halogens is 1. The van der Waals surface area contributed by atoms with E-state index in [1.807, 2.05) is 37.3 Å². The molecule has 1 aliphatic rings. The van der Waals surface area contributed by atoms with Crippen LogP contribution in [0.2, 0.25) is 5.02 Å². The van der Waals surface area contributed by atoms with Crippen LogP contribution in [0.1, 0.15) is 35.3 Å². The summed E-state index contributed by atoms with van der Waals surface area (Å²) in [6, 6.07) is 20.0. The number of hydrogen-bond acceptors (Lipinski definition) is 8. The fraction of sp³-hybridized carbons (Fsp3) is 0.333. The van der Waals surface area contributed by atoms with Crippen molar-refractivity contribution in [2.75, 3.05) is 12.4 Å². The van der Waals surface area contributed by atoms with Gasteiger partial charge in [-0.2, -0.15) is 0 Å². The van der Waals surface area contributed by atoms with E-state index in [2.05, 4.69) is 0 Å². The number of amides is 2. The van der Waals surface area contributed by atoms with Crippen LogP contribution in [0.5, 0.6) is 5.75 Å². The molecule has 0 bridgehead atoms. The number of carbonyl (C=O) groups is 2. The topological polar surface area (TPSA) is 146 Å². The quantitative estimate of drug-likeness (QED) is 0.218. The Morgan fingerprint density at radius 1 is 0.951 bits per heavy atom. The maximum absolute atomic E-state index is 11.6. The normalized spacial score (nSPS) is 22.2. The zero-order valence-corrected chi connectivity index (χ0v) is 23.8. The van der Waals surface area contributed by atoms with Crippen LogP contribution >= 0.6 is 23.4 Å². The molecule has 5 N–H and O–H groups in total. The number of rotatable bonds is 10. The first-order chi connectivity index (χ1) is 19.6. The Bertz CT molecular complexity index is 1340. The van der Waals surface area contributed by atoms with Crippen LogP contribution in [0.4, 0.5) is 4.79 Å². The number of benzene rings is 3. The van der Waals surface area contributed by atoms with Crippen molar-refractivity contribution in [1.82, 2.24) is 5.32 Å². The number of carbonyl (C=O) groups excluding carboxylic acids is 1. The molecule has 218 valence electrons. The van der Waals surface area contributed by atoms with Gasteiger partial charge in [0.15, 0.2) is 0 Å². The van der Waals surface area contributed by atoms with Gasteiger partial charge in [-0.3, -0.25) is 10.1 Å². The predicted octanol–water partition coefficient (Wildman–Crippen LogP) is 3.98. The molecule has 0 aromatic heterocycles. The van der Waals surface area contributed by atoms with Gasteiger partial charge in [0.25, 0.3) is 0 Å². The molecular formula is C30H32ClNO8S. The van der Waals surface area contributed by atoms with Gasteiger partial charge in [-0.25, -0.2) is 4.79 Å². The van der Waals surface area contributed by atoms with Gasteiger partial charge in [0, 0.05) is 15.7 Å². The molecule has 1 fully saturated rings. The van der Waals surface area contributed by atoms with Crippen molar-refractivity contribution in [2.45, 2.75) is 55.2 Å². The highest BCUT2D eigenvalue weighted by molar-refractivity contribution is 7.99. The highest BCUT2D eigenvalue weighted by Gasteiger charge is 2.44. The number of aliphatic hydroxyl groups is 3. The SMILES string of the molecule is CCOc1ccc(Cc2cc([C@@H]3O[C@H](CSc4ccc(CC(=O)NC(=O)O)cc4)[C@@H](O)[C@H](O)[C@H]3O)ccc2Cl)cc1. The van der Waals surface area contributed by atoms with Gasteiger partial charge in [0.2, 0.25) is 5.91 Å². The average molecular weight is 602 g/mol. The molecule has 5 atom stereocenters. The summed E-state index contributed by atoms with van der Waals surface area (Å²) in [6.07, 6.45) is -6.67. The summed E-state index contributed by atoms with van der Waals surface area (Å²) in [7, 11) is 0. The average Bonchev–Trinajstić information content (AvgIpc) is 2.94. The Morgan fingerprint density at radius 2 is 1.63 bits per heavy atom. The molecule has 1 saturated heterocycles. The molecule has 4 rings (SSSR count). The Kier molecular flexibility index (Phi) is 10.7. The van der Waals surface area contributed by atoms with E-state index in [1.165, 1.54) is 11.8 Å². The third kappa shape index (κ3) is 8.22. The molecule has 0 unspecified atom stereocenters. The van der Waals surface area contributed by atoms with Crippen molar-refractivity contribution in [3.05, 3.63) is 94.0 Å². The van der Waals surface area contributed by atoms with Crippen molar-refractivity contribution in [3.63, 3.8) is 0 Å². The van der Waals surface area contributed by atoms with Gasteiger partial charge in [-0.1, -0.05) is 48.0 Å². The van der Waals surface area contributed by atoms with Gasteiger partial charge >= 0.3 is 6.09 Å². The summed E-state index contributed by atoms with van der Waals surface area (Å²) in [5.74, 6) is 0.442. The molecule has 0 spiro atoms. The van der Waals surface area contributed by atoms with Gasteiger partial charge in [-0.05, 0) is 65.9 Å². The van der Waals surface area contributed by atoms with E-state index in [9.17, 15) is 24.9 Å². The van der Waals surface area contributed by atoms with Gasteiger partial charge < -0.3 is 29.9 Å². The van der Waals surface area contributed by atoms with E-state index in [4.69, 9.17) is 26.2 Å². The lowest BCUT2D eigenvalue weighted by atomic mass is 9.90. The lowest BCUT2D eigenvalue weighted by Crippen LogP contribution is -2.54. The lowest BCUT2D eigenvalue weighted by Gasteiger charge is -2.41. The summed E-state index contributed by atoms with van der Waals surface area (Å²) >= 11 is 7.87. The first-order valence-corrected chi connectivity index (χ1v) is 14.4. The number of ether oxygens (including phenoxy) is 2. The Labute approximate surface area is 247 Å². The monoisotopic (exact) mass is 601 g/mol. The predicted molar refractivity (Wildman–Crippen MR) is 155 cm³/mol. The third-order valence-electron chi connectivity index (χ3n) is 6.69. The van der Waals surface area contributed by atoms with Gasteiger partial charge in [0.1, 0.15) is 30.2 Å². The van der Waals surface area contributed by atoms with Crippen LogP contribution in [0.15, 0.2) is 71.6 Å². The highest BCUT2D eigenvalue weighted by atomic mass is 35.5. The smallest absolute Gasteiger partial charge is 0.411 e. The minimum Gasteiger partial charge on any atom is -0.494 e. The van der Waals surface area contributed by atoms with E-state index < -0.39 is 42.5 Å². The minimum atomic E-state index is -1.42. The van der Waals surface area contributed by atoms with E-state index in [0.717, 1.165) is 21.8 Å². The first kappa shape index (κ1) is 30.8. The molecule has 41 heavy (non-hydrogen) atoms. The fourth-order valence-corrected chi connectivity index (χ4v) is 5.74. The summed E-state index contributed by atoms with van der Waals surface area (Å²) in [5.41, 5.74) is 3.13. The van der Waals surface area contributed by atoms with Crippen LogP contribution in [-0.4, -0.2) is 69.2 Å². The molecule has 0 saturated carbocycles. The molecule has 3 aromatic rings. The standard InChI is InChI=1S/C30H32ClNO8S/c1-2-39-21-8-3-17(4-9-21)13-20-15-19(7-12-23(20)31)29-28(36)27(35)26(34)24(40-29)16-41-22-10-5-18(6-11-22)14-25(33)32-30(37)38/h3-12,15,24,26-29,34-36H,2,13-14,16H2,1H3,(H,32,33)(H,37,38)/t24-,26-,27+,28-,29+/m1/s1. The van der Waals surface area contributed by atoms with Crippen LogP contribution < -0.4 is 10.1 Å². The number of thioether (sulfide) groups is 1. The molecule has 1 aliphatic heterocycles. The number of carboxylic acid groups (broad SMARTS) is 1. The van der Waals surface area contributed by atoms with E-state index in [1.54, 1.807) is 41.7 Å². The van der Waals surface area contributed by atoms with Gasteiger partial charge in [-0.15, -0.1) is 11.8 Å². The van der Waals surface area contributed by atoms with Crippen molar-refractivity contribution in [3.8, 4) is 5.75 Å². The number of hydrogen-bond donors (Lipinski definition) is 5. The zero-order valence-electron chi connectivity index (χ0n) is 22.3. The van der Waals surface area contributed by atoms with Crippen LogP contribution in [0.25, 0.3) is 0 Å². The molecule has 2 amide bonds. The molecule has 11 heteroatoms. The first-order valence-electron chi connectivity index (χ1n) is 13.1. The molecular weight excluding hydrogens is 570 g/mol. The van der Waals surface area contributed by atoms with E-state index >= 15 is 0 Å². The highest BCUT2D eigenvalue weighted by Crippen LogP contribution is 2.36. The Hall–Kier alpha value is -3.12. The second-order valence-corrected chi connectivity index (χ2v) is 11.2. The Morgan fingerprint density at radius 3 is 2.29 bits per heavy atom. The summed E-state index contributed by atoms with van der Waals surface area (Å²) in [6.45, 7) is 2.51. The summed E-state index contributed by atoms with van der Waals surface area (Å²) in [4.78, 5) is 23.1. The van der Waals surface area contributed by atoms with E-state index in [0.29, 0.717) is 29.2 Å². The Balaban J connectivity index is 1.42. The van der Waals surface area contributed by atoms with Crippen LogP contribution in [0.3, 0.4) is 0 Å². The van der Waals surface area contributed by atoms with Crippen molar-refractivity contribution >= 4 is 35.4 Å². The van der Waals surface area contributed by atoms with Crippen molar-refractivity contribution < 1.29 is 39.5 Å². The fourth-order valence-electron chi connectivity index (χ4n) is 4.59. The van der Waals surface area contributed by atoms with Crippen LogP contribution in [-0.2, 0) is 22.4 Å². The second kappa shape index (κ2) is 14.2. The molecule has 9 nitrogen and oxygen atoms in total. The molecule has 0 radical (unpaired) electrons. The summed E-state index contributed by atoms with van der Waals surface area (Å²) < 4.78 is 11.6. The number of aliphatic hydroxyl groups excluding tert-OH is 3. The summed E-state index contributed by atoms with van der Waals surface area (Å²) in [5, 5.41) is 43.1. The maximum atomic E-state index is 11.6. The second-order valence-electron chi connectivity index (χ2n) is 9.66. The van der Waals surface area contributed by atoms with Crippen LogP contribution in [0, 0.1) is 0 Å². The number of imide groups is 1. The third-order valence-corrected chi connectivity index (χ3v) is 8.16. The van der Waals surface area contributed by atoms with Gasteiger partial charge in [0.05, 0.1) is 19.1 Å². The van der Waals surface area contributed by atoms with Crippen molar-refractivity contribution in [1.29, 1.82) is 0 Å². The maximum Gasteiger partial charge on any atom is 0.411 e.